The summed E-state index contributed by atoms with van der Waals surface area (Å²) < 4.78 is 1.86. The van der Waals surface area contributed by atoms with Gasteiger partial charge in [0.1, 0.15) is 0 Å². The first-order valence-corrected chi connectivity index (χ1v) is 6.70. The van der Waals surface area contributed by atoms with Crippen LogP contribution in [0.5, 0.6) is 0 Å². The first-order chi connectivity index (χ1) is 10.1. The lowest BCUT2D eigenvalue weighted by atomic mass is 10.1. The predicted molar refractivity (Wildman–Crippen MR) is 76.9 cm³/mol. The third kappa shape index (κ3) is 2.26. The van der Waals surface area contributed by atoms with Crippen LogP contribution >= 0.6 is 0 Å². The summed E-state index contributed by atoms with van der Waals surface area (Å²) in [4.78, 5) is 12.4. The fourth-order valence-corrected chi connectivity index (χ4v) is 2.37. The van der Waals surface area contributed by atoms with Crippen molar-refractivity contribution in [1.82, 2.24) is 30.1 Å². The van der Waals surface area contributed by atoms with Crippen molar-refractivity contribution in [3.8, 4) is 0 Å². The molecular weight excluding hydrogens is 268 g/mol. The Balaban J connectivity index is 1.86. The molecule has 0 aliphatic rings. The van der Waals surface area contributed by atoms with Crippen LogP contribution in [-0.2, 0) is 0 Å². The SMILES string of the molecule is Cc1n[nH]c(C)c1C(=O)NC(C)c1nnc2ccccn12. The van der Waals surface area contributed by atoms with E-state index in [1.165, 1.54) is 0 Å². The van der Waals surface area contributed by atoms with Gasteiger partial charge in [-0.05, 0) is 32.9 Å². The van der Waals surface area contributed by atoms with Crippen LogP contribution in [0.25, 0.3) is 5.65 Å². The lowest BCUT2D eigenvalue weighted by molar-refractivity contribution is 0.0937. The fourth-order valence-electron chi connectivity index (χ4n) is 2.37. The maximum Gasteiger partial charge on any atom is 0.255 e. The van der Waals surface area contributed by atoms with Crippen molar-refractivity contribution >= 4 is 11.6 Å². The maximum atomic E-state index is 12.4. The number of nitrogens with one attached hydrogen (secondary N) is 2. The molecule has 7 nitrogen and oxygen atoms in total. The molecule has 108 valence electrons. The van der Waals surface area contributed by atoms with Gasteiger partial charge in [0.05, 0.1) is 17.3 Å². The van der Waals surface area contributed by atoms with Gasteiger partial charge < -0.3 is 5.32 Å². The molecule has 3 aromatic heterocycles. The van der Waals surface area contributed by atoms with E-state index in [-0.39, 0.29) is 11.9 Å². The molecule has 2 N–H and O–H groups in total. The summed E-state index contributed by atoms with van der Waals surface area (Å²) in [7, 11) is 0. The van der Waals surface area contributed by atoms with E-state index in [1.54, 1.807) is 6.92 Å². The van der Waals surface area contributed by atoms with Crippen molar-refractivity contribution in [3.63, 3.8) is 0 Å². The van der Waals surface area contributed by atoms with Crippen molar-refractivity contribution < 1.29 is 4.79 Å². The van der Waals surface area contributed by atoms with E-state index in [4.69, 9.17) is 0 Å². The standard InChI is InChI=1S/C14H16N6O/c1-8-12(9(2)17-16-8)14(21)15-10(3)13-19-18-11-6-4-5-7-20(11)13/h4-7,10H,1-3H3,(H,15,21)(H,16,17). The van der Waals surface area contributed by atoms with Gasteiger partial charge in [-0.1, -0.05) is 6.07 Å². The number of aromatic nitrogens is 5. The van der Waals surface area contributed by atoms with Gasteiger partial charge in [0, 0.05) is 11.9 Å². The maximum absolute atomic E-state index is 12.4. The predicted octanol–water partition coefficient (Wildman–Crippen LogP) is 1.56. The van der Waals surface area contributed by atoms with Gasteiger partial charge in [-0.15, -0.1) is 10.2 Å². The number of rotatable bonds is 3. The number of hydrogen-bond acceptors (Lipinski definition) is 4. The largest absolute Gasteiger partial charge is 0.342 e. The van der Waals surface area contributed by atoms with E-state index in [0.29, 0.717) is 17.1 Å². The highest BCUT2D eigenvalue weighted by Crippen LogP contribution is 2.15. The molecule has 21 heavy (non-hydrogen) atoms. The van der Waals surface area contributed by atoms with Crippen LogP contribution in [0.1, 0.15) is 40.5 Å². The van der Waals surface area contributed by atoms with Crippen LogP contribution in [0.2, 0.25) is 0 Å². The van der Waals surface area contributed by atoms with Crippen LogP contribution in [0.4, 0.5) is 0 Å². The number of carbonyl (C=O) groups excluding carboxylic acids is 1. The van der Waals surface area contributed by atoms with Crippen molar-refractivity contribution in [1.29, 1.82) is 0 Å². The average molecular weight is 284 g/mol. The van der Waals surface area contributed by atoms with Crippen LogP contribution in [-0.4, -0.2) is 30.7 Å². The lowest BCUT2D eigenvalue weighted by Gasteiger charge is -2.12. The van der Waals surface area contributed by atoms with E-state index in [2.05, 4.69) is 25.7 Å². The minimum atomic E-state index is -0.261. The molecular formula is C14H16N6O. The van der Waals surface area contributed by atoms with Crippen molar-refractivity contribution in [2.75, 3.05) is 0 Å². The summed E-state index contributed by atoms with van der Waals surface area (Å²) in [6.45, 7) is 5.51. The molecule has 0 aromatic carbocycles. The zero-order valence-electron chi connectivity index (χ0n) is 12.1. The summed E-state index contributed by atoms with van der Waals surface area (Å²) in [5, 5.41) is 18.0. The Kier molecular flexibility index (Phi) is 3.17. The molecule has 1 atom stereocenters. The number of aromatic amines is 1. The van der Waals surface area contributed by atoms with Crippen LogP contribution in [0.3, 0.4) is 0 Å². The van der Waals surface area contributed by atoms with Gasteiger partial charge in [-0.2, -0.15) is 5.10 Å². The number of hydrogen-bond donors (Lipinski definition) is 2. The normalized spacial score (nSPS) is 12.5. The molecule has 3 heterocycles. The molecule has 0 spiro atoms. The Bertz CT molecular complexity index is 783. The molecule has 3 rings (SSSR count). The monoisotopic (exact) mass is 284 g/mol. The molecule has 0 saturated heterocycles. The summed E-state index contributed by atoms with van der Waals surface area (Å²) >= 11 is 0. The van der Waals surface area contributed by atoms with E-state index >= 15 is 0 Å². The lowest BCUT2D eigenvalue weighted by Crippen LogP contribution is -2.28. The molecule has 0 bridgehead atoms. The zero-order valence-corrected chi connectivity index (χ0v) is 12.1. The van der Waals surface area contributed by atoms with Crippen molar-refractivity contribution in [2.24, 2.45) is 0 Å². The second-order valence-corrected chi connectivity index (χ2v) is 4.99. The van der Waals surface area contributed by atoms with Gasteiger partial charge in [-0.3, -0.25) is 14.3 Å². The van der Waals surface area contributed by atoms with Crippen molar-refractivity contribution in [3.05, 3.63) is 47.2 Å². The number of H-pyrrole nitrogens is 1. The Morgan fingerprint density at radius 2 is 2.14 bits per heavy atom. The molecule has 0 radical (unpaired) electrons. The molecule has 1 amide bonds. The fraction of sp³-hybridized carbons (Fsp3) is 0.286. The quantitative estimate of drug-likeness (QED) is 0.764. The number of carbonyl (C=O) groups is 1. The van der Waals surface area contributed by atoms with Gasteiger partial charge in [0.2, 0.25) is 0 Å². The smallest absolute Gasteiger partial charge is 0.255 e. The third-order valence-electron chi connectivity index (χ3n) is 3.43. The summed E-state index contributed by atoms with van der Waals surface area (Å²) in [6, 6.07) is 5.41. The number of pyridine rings is 1. The van der Waals surface area contributed by atoms with Crippen LogP contribution in [0.15, 0.2) is 24.4 Å². The Morgan fingerprint density at radius 3 is 2.86 bits per heavy atom. The number of fused-ring (bicyclic) bond motifs is 1. The highest BCUT2D eigenvalue weighted by atomic mass is 16.1. The molecule has 1 unspecified atom stereocenters. The second-order valence-electron chi connectivity index (χ2n) is 4.99. The van der Waals surface area contributed by atoms with Crippen molar-refractivity contribution in [2.45, 2.75) is 26.8 Å². The Labute approximate surface area is 121 Å². The number of nitrogens with zero attached hydrogens (tertiary/aromatic N) is 4. The molecule has 0 aliphatic heterocycles. The summed E-state index contributed by atoms with van der Waals surface area (Å²) in [6.07, 6.45) is 1.88. The van der Waals surface area contributed by atoms with Gasteiger partial charge in [0.15, 0.2) is 11.5 Å². The minimum Gasteiger partial charge on any atom is -0.342 e. The van der Waals surface area contributed by atoms with E-state index < -0.39 is 0 Å². The molecule has 7 heteroatoms. The van der Waals surface area contributed by atoms with E-state index in [1.807, 2.05) is 42.6 Å². The Hall–Kier alpha value is -2.70. The summed E-state index contributed by atoms with van der Waals surface area (Å²) in [5.74, 6) is 0.525. The second kappa shape index (κ2) is 5.01. The highest BCUT2D eigenvalue weighted by molar-refractivity contribution is 5.96. The topological polar surface area (TPSA) is 88.0 Å². The van der Waals surface area contributed by atoms with Gasteiger partial charge in [0.25, 0.3) is 5.91 Å². The number of aryl methyl sites for hydroxylation is 2. The highest BCUT2D eigenvalue weighted by Gasteiger charge is 2.20. The van der Waals surface area contributed by atoms with Gasteiger partial charge in [-0.25, -0.2) is 0 Å². The van der Waals surface area contributed by atoms with Crippen LogP contribution < -0.4 is 5.32 Å². The molecule has 0 fully saturated rings. The van der Waals surface area contributed by atoms with Crippen LogP contribution in [0, 0.1) is 13.8 Å². The third-order valence-corrected chi connectivity index (χ3v) is 3.43. The first-order valence-electron chi connectivity index (χ1n) is 6.70. The Morgan fingerprint density at radius 1 is 1.33 bits per heavy atom. The van der Waals surface area contributed by atoms with E-state index in [0.717, 1.165) is 11.3 Å². The zero-order chi connectivity index (χ0) is 15.0. The molecule has 0 aliphatic carbocycles. The number of amides is 1. The van der Waals surface area contributed by atoms with E-state index in [9.17, 15) is 4.79 Å². The average Bonchev–Trinajstić information content (AvgIpc) is 3.02. The minimum absolute atomic E-state index is 0.168. The van der Waals surface area contributed by atoms with Gasteiger partial charge >= 0.3 is 0 Å². The first kappa shape index (κ1) is 13.3. The molecule has 3 aromatic rings. The summed E-state index contributed by atoms with van der Waals surface area (Å²) in [5.41, 5.74) is 2.77. The molecule has 0 saturated carbocycles.